The average Bonchev–Trinajstić information content (AvgIpc) is 2.53. The third-order valence-corrected chi connectivity index (χ3v) is 4.10. The molecule has 1 saturated heterocycles. The highest BCUT2D eigenvalue weighted by Crippen LogP contribution is 2.22. The molecule has 5 heteroatoms. The number of ether oxygens (including phenoxy) is 1. The summed E-state index contributed by atoms with van der Waals surface area (Å²) in [6.45, 7) is 6.29. The van der Waals surface area contributed by atoms with Gasteiger partial charge >= 0.3 is 0 Å². The Morgan fingerprint density at radius 2 is 2.23 bits per heavy atom. The molecule has 0 bridgehead atoms. The zero-order valence-electron chi connectivity index (χ0n) is 13.2. The van der Waals surface area contributed by atoms with Crippen LogP contribution in [0.25, 0.3) is 10.9 Å². The van der Waals surface area contributed by atoms with E-state index in [1.165, 1.54) is 0 Å². The topological polar surface area (TPSA) is 54.5 Å². The number of rotatable bonds is 2. The Balaban J connectivity index is 1.96. The van der Waals surface area contributed by atoms with Gasteiger partial charge in [0.05, 0.1) is 23.9 Å². The summed E-state index contributed by atoms with van der Waals surface area (Å²) in [4.78, 5) is 19.2. The molecule has 1 aliphatic heterocycles. The quantitative estimate of drug-likeness (QED) is 0.921. The summed E-state index contributed by atoms with van der Waals surface area (Å²) in [5.74, 6) is 0.838. The predicted molar refractivity (Wildman–Crippen MR) is 86.4 cm³/mol. The van der Waals surface area contributed by atoms with Gasteiger partial charge in [0.1, 0.15) is 5.75 Å². The van der Waals surface area contributed by atoms with Gasteiger partial charge in [-0.15, -0.1) is 0 Å². The van der Waals surface area contributed by atoms with Gasteiger partial charge in [0.25, 0.3) is 5.91 Å². The second-order valence-corrected chi connectivity index (χ2v) is 5.79. The molecule has 1 N–H and O–H groups in total. The lowest BCUT2D eigenvalue weighted by Gasteiger charge is -2.32. The van der Waals surface area contributed by atoms with E-state index in [1.807, 2.05) is 36.1 Å². The van der Waals surface area contributed by atoms with Gasteiger partial charge in [-0.05, 0) is 32.0 Å². The molecule has 0 radical (unpaired) electrons. The molecule has 1 aromatic carbocycles. The van der Waals surface area contributed by atoms with Crippen molar-refractivity contribution < 1.29 is 9.53 Å². The Morgan fingerprint density at radius 3 is 2.95 bits per heavy atom. The van der Waals surface area contributed by atoms with E-state index in [0.717, 1.165) is 42.0 Å². The van der Waals surface area contributed by atoms with Crippen LogP contribution in [-0.4, -0.2) is 48.6 Å². The Kier molecular flexibility index (Phi) is 3.98. The first kappa shape index (κ1) is 14.8. The minimum Gasteiger partial charge on any atom is -0.497 e. The van der Waals surface area contributed by atoms with Crippen molar-refractivity contribution >= 4 is 16.8 Å². The number of aromatic nitrogens is 1. The average molecular weight is 299 g/mol. The minimum atomic E-state index is 0.0658. The highest BCUT2D eigenvalue weighted by molar-refractivity contribution is 5.98. The molecule has 1 aliphatic rings. The fraction of sp³-hybridized carbons (Fsp3) is 0.412. The number of carbonyl (C=O) groups is 1. The lowest BCUT2D eigenvalue weighted by Crippen LogP contribution is -2.51. The van der Waals surface area contributed by atoms with Gasteiger partial charge in [-0.3, -0.25) is 9.78 Å². The van der Waals surface area contributed by atoms with Crippen LogP contribution in [0.2, 0.25) is 0 Å². The van der Waals surface area contributed by atoms with Crippen molar-refractivity contribution in [2.45, 2.75) is 19.9 Å². The van der Waals surface area contributed by atoms with Crippen molar-refractivity contribution in [3.8, 4) is 5.75 Å². The molecule has 116 valence electrons. The minimum absolute atomic E-state index is 0.0658. The van der Waals surface area contributed by atoms with Crippen LogP contribution < -0.4 is 10.1 Å². The number of nitrogens with zero attached hydrogens (tertiary/aromatic N) is 2. The van der Waals surface area contributed by atoms with Gasteiger partial charge in [-0.25, -0.2) is 0 Å². The van der Waals surface area contributed by atoms with E-state index in [9.17, 15) is 4.79 Å². The van der Waals surface area contributed by atoms with Gasteiger partial charge in [-0.1, -0.05) is 0 Å². The molecular weight excluding hydrogens is 278 g/mol. The monoisotopic (exact) mass is 299 g/mol. The summed E-state index contributed by atoms with van der Waals surface area (Å²) in [6, 6.07) is 7.99. The first-order valence-corrected chi connectivity index (χ1v) is 7.56. The fourth-order valence-corrected chi connectivity index (χ4v) is 2.87. The van der Waals surface area contributed by atoms with Crippen LogP contribution in [0.5, 0.6) is 5.75 Å². The number of fused-ring (bicyclic) bond motifs is 1. The van der Waals surface area contributed by atoms with Crippen molar-refractivity contribution in [2.75, 3.05) is 26.7 Å². The maximum Gasteiger partial charge on any atom is 0.255 e. The van der Waals surface area contributed by atoms with Crippen LogP contribution in [0.3, 0.4) is 0 Å². The maximum absolute atomic E-state index is 12.8. The smallest absolute Gasteiger partial charge is 0.255 e. The van der Waals surface area contributed by atoms with Crippen LogP contribution in [0.1, 0.15) is 23.0 Å². The number of benzene rings is 1. The fourth-order valence-electron chi connectivity index (χ4n) is 2.87. The van der Waals surface area contributed by atoms with Gasteiger partial charge in [-0.2, -0.15) is 0 Å². The molecular formula is C17H21N3O2. The highest BCUT2D eigenvalue weighted by atomic mass is 16.5. The first-order valence-electron chi connectivity index (χ1n) is 7.56. The molecule has 1 unspecified atom stereocenters. The molecule has 5 nitrogen and oxygen atoms in total. The third kappa shape index (κ3) is 2.76. The Bertz CT molecular complexity index is 714. The molecule has 22 heavy (non-hydrogen) atoms. The normalized spacial score (nSPS) is 18.5. The lowest BCUT2D eigenvalue weighted by atomic mass is 10.1. The molecule has 3 rings (SSSR count). The zero-order chi connectivity index (χ0) is 15.7. The second kappa shape index (κ2) is 5.93. The second-order valence-electron chi connectivity index (χ2n) is 5.79. The first-order chi connectivity index (χ1) is 10.6. The summed E-state index contributed by atoms with van der Waals surface area (Å²) >= 11 is 0. The van der Waals surface area contributed by atoms with Gasteiger partial charge < -0.3 is 15.0 Å². The maximum atomic E-state index is 12.8. The summed E-state index contributed by atoms with van der Waals surface area (Å²) in [7, 11) is 1.64. The predicted octanol–water partition coefficient (Wildman–Crippen LogP) is 1.99. The zero-order valence-corrected chi connectivity index (χ0v) is 13.2. The van der Waals surface area contributed by atoms with Crippen molar-refractivity contribution in [3.63, 3.8) is 0 Å². The number of aryl methyl sites for hydroxylation is 1. The molecule has 1 fully saturated rings. The standard InChI is InChI=1S/C17H21N3O2/c1-11-10-20(7-6-18-11)17(21)15-8-13-4-5-14(22-3)9-16(13)19-12(15)2/h4-5,8-9,11,18H,6-7,10H2,1-3H3. The van der Waals surface area contributed by atoms with Crippen molar-refractivity contribution in [3.05, 3.63) is 35.5 Å². The van der Waals surface area contributed by atoms with Crippen LogP contribution in [0.15, 0.2) is 24.3 Å². The molecule has 1 atom stereocenters. The lowest BCUT2D eigenvalue weighted by molar-refractivity contribution is 0.0708. The highest BCUT2D eigenvalue weighted by Gasteiger charge is 2.23. The Labute approximate surface area is 130 Å². The van der Waals surface area contributed by atoms with Crippen molar-refractivity contribution in [2.24, 2.45) is 0 Å². The van der Waals surface area contributed by atoms with E-state index in [0.29, 0.717) is 11.6 Å². The van der Waals surface area contributed by atoms with E-state index in [-0.39, 0.29) is 5.91 Å². The van der Waals surface area contributed by atoms with E-state index in [1.54, 1.807) is 7.11 Å². The van der Waals surface area contributed by atoms with Crippen LogP contribution in [0.4, 0.5) is 0 Å². The number of hydrogen-bond acceptors (Lipinski definition) is 4. The van der Waals surface area contributed by atoms with Crippen molar-refractivity contribution in [1.82, 2.24) is 15.2 Å². The summed E-state index contributed by atoms with van der Waals surface area (Å²) in [5, 5.41) is 4.31. The number of nitrogens with one attached hydrogen (secondary N) is 1. The summed E-state index contributed by atoms with van der Waals surface area (Å²) < 4.78 is 5.22. The number of amides is 1. The van der Waals surface area contributed by atoms with Crippen LogP contribution in [-0.2, 0) is 0 Å². The molecule has 2 aromatic rings. The Hall–Kier alpha value is -2.14. The van der Waals surface area contributed by atoms with E-state index >= 15 is 0 Å². The van der Waals surface area contributed by atoms with Gasteiger partial charge in [0, 0.05) is 37.1 Å². The molecule has 2 heterocycles. The molecule has 0 saturated carbocycles. The van der Waals surface area contributed by atoms with Crippen LogP contribution in [0, 0.1) is 6.92 Å². The number of hydrogen-bond donors (Lipinski definition) is 1. The number of carbonyl (C=O) groups excluding carboxylic acids is 1. The molecule has 0 aliphatic carbocycles. The molecule has 0 spiro atoms. The summed E-state index contributed by atoms with van der Waals surface area (Å²) in [5.41, 5.74) is 2.30. The summed E-state index contributed by atoms with van der Waals surface area (Å²) in [6.07, 6.45) is 0. The third-order valence-electron chi connectivity index (χ3n) is 4.10. The molecule has 1 amide bonds. The number of methoxy groups -OCH3 is 1. The van der Waals surface area contributed by atoms with Crippen LogP contribution >= 0.6 is 0 Å². The van der Waals surface area contributed by atoms with E-state index in [2.05, 4.69) is 17.2 Å². The number of piperazine rings is 1. The Morgan fingerprint density at radius 1 is 1.41 bits per heavy atom. The van der Waals surface area contributed by atoms with E-state index < -0.39 is 0 Å². The van der Waals surface area contributed by atoms with E-state index in [4.69, 9.17) is 4.74 Å². The largest absolute Gasteiger partial charge is 0.497 e. The number of pyridine rings is 1. The van der Waals surface area contributed by atoms with Gasteiger partial charge in [0.2, 0.25) is 0 Å². The van der Waals surface area contributed by atoms with Gasteiger partial charge in [0.15, 0.2) is 0 Å². The SMILES string of the molecule is COc1ccc2cc(C(=O)N3CCNC(C)C3)c(C)nc2c1. The van der Waals surface area contributed by atoms with Crippen molar-refractivity contribution in [1.29, 1.82) is 0 Å². The molecule has 1 aromatic heterocycles.